The van der Waals surface area contributed by atoms with Crippen LogP contribution >= 0.6 is 0 Å². The van der Waals surface area contributed by atoms with Crippen molar-refractivity contribution in [1.82, 2.24) is 10.2 Å². The number of piperazine rings is 1. The number of hydrogen-bond donors (Lipinski definition) is 1. The summed E-state index contributed by atoms with van der Waals surface area (Å²) in [4.78, 5) is 26.0. The molecule has 1 aliphatic heterocycles. The lowest BCUT2D eigenvalue weighted by Gasteiger charge is -2.35. The summed E-state index contributed by atoms with van der Waals surface area (Å²) >= 11 is 0. The highest BCUT2D eigenvalue weighted by Crippen LogP contribution is 2.34. The van der Waals surface area contributed by atoms with Gasteiger partial charge >= 0.3 is 0 Å². The van der Waals surface area contributed by atoms with Crippen molar-refractivity contribution in [2.24, 2.45) is 5.92 Å². The molecule has 1 aromatic carbocycles. The minimum Gasteiger partial charge on any atom is -0.345 e. The molecule has 0 spiro atoms. The molecule has 1 N–H and O–H groups in total. The Morgan fingerprint density at radius 3 is 2.60 bits per heavy atom. The van der Waals surface area contributed by atoms with E-state index in [9.17, 15) is 9.59 Å². The molecule has 106 valence electrons. The van der Waals surface area contributed by atoms with Crippen molar-refractivity contribution in [3.05, 3.63) is 35.9 Å². The number of rotatable bonds is 5. The van der Waals surface area contributed by atoms with Crippen molar-refractivity contribution in [2.45, 2.75) is 31.7 Å². The Balaban J connectivity index is 1.74. The van der Waals surface area contributed by atoms with Crippen LogP contribution in [0.4, 0.5) is 0 Å². The maximum Gasteiger partial charge on any atom is 0.247 e. The fourth-order valence-electron chi connectivity index (χ4n) is 2.82. The number of nitrogens with one attached hydrogen (secondary N) is 1. The standard InChI is InChI=1S/C16H20N2O2/c19-14-11-17-16(20)15(13-6-2-1-3-7-13)18(14)10-4-5-12-8-9-12/h1-3,6-7,12,15H,4-5,8-11H2,(H,17,20). The van der Waals surface area contributed by atoms with Gasteiger partial charge in [0.15, 0.2) is 0 Å². The van der Waals surface area contributed by atoms with Crippen molar-refractivity contribution >= 4 is 11.8 Å². The van der Waals surface area contributed by atoms with Gasteiger partial charge in [0.2, 0.25) is 11.8 Å². The lowest BCUT2D eigenvalue weighted by molar-refractivity contribution is -0.146. The molecule has 2 fully saturated rings. The van der Waals surface area contributed by atoms with E-state index in [0.29, 0.717) is 6.54 Å². The predicted octanol–water partition coefficient (Wildman–Crippen LogP) is 1.88. The van der Waals surface area contributed by atoms with E-state index in [1.807, 2.05) is 30.3 Å². The molecule has 4 heteroatoms. The maximum atomic E-state index is 12.2. The zero-order valence-corrected chi connectivity index (χ0v) is 11.5. The van der Waals surface area contributed by atoms with E-state index in [2.05, 4.69) is 5.32 Å². The largest absolute Gasteiger partial charge is 0.345 e. The third-order valence-corrected chi connectivity index (χ3v) is 4.12. The van der Waals surface area contributed by atoms with Crippen molar-refractivity contribution in [1.29, 1.82) is 0 Å². The predicted molar refractivity (Wildman–Crippen MR) is 75.9 cm³/mol. The molecule has 0 bridgehead atoms. The summed E-state index contributed by atoms with van der Waals surface area (Å²) in [5.74, 6) is 0.815. The van der Waals surface area contributed by atoms with Crippen LogP contribution in [0.25, 0.3) is 0 Å². The lowest BCUT2D eigenvalue weighted by Crippen LogP contribution is -2.53. The molecule has 20 heavy (non-hydrogen) atoms. The SMILES string of the molecule is O=C1NCC(=O)N(CCCC2CC2)C1c1ccccc1. The van der Waals surface area contributed by atoms with Crippen molar-refractivity contribution in [3.8, 4) is 0 Å². The van der Waals surface area contributed by atoms with E-state index in [0.717, 1.165) is 17.9 Å². The third kappa shape index (κ3) is 2.84. The van der Waals surface area contributed by atoms with Crippen molar-refractivity contribution < 1.29 is 9.59 Å². The number of hydrogen-bond acceptors (Lipinski definition) is 2. The molecule has 0 aromatic heterocycles. The number of nitrogens with zero attached hydrogens (tertiary/aromatic N) is 1. The van der Waals surface area contributed by atoms with E-state index in [1.165, 1.54) is 19.3 Å². The first-order valence-corrected chi connectivity index (χ1v) is 7.38. The summed E-state index contributed by atoms with van der Waals surface area (Å²) in [6.45, 7) is 0.813. The zero-order chi connectivity index (χ0) is 13.9. The molecule has 1 saturated heterocycles. The van der Waals surface area contributed by atoms with Crippen LogP contribution in [0.15, 0.2) is 30.3 Å². The van der Waals surface area contributed by atoms with Crippen LogP contribution in [0.2, 0.25) is 0 Å². The average Bonchev–Trinajstić information content (AvgIpc) is 3.28. The highest BCUT2D eigenvalue weighted by atomic mass is 16.2. The van der Waals surface area contributed by atoms with Gasteiger partial charge in [-0.25, -0.2) is 0 Å². The molecular formula is C16H20N2O2. The van der Waals surface area contributed by atoms with Crippen LogP contribution in [0, 0.1) is 5.92 Å². The molecule has 2 aliphatic rings. The number of carbonyl (C=O) groups excluding carboxylic acids is 2. The van der Waals surface area contributed by atoms with Gasteiger partial charge in [-0.15, -0.1) is 0 Å². The fraction of sp³-hybridized carbons (Fsp3) is 0.500. The summed E-state index contributed by atoms with van der Waals surface area (Å²) < 4.78 is 0. The minimum atomic E-state index is -0.461. The normalized spacial score (nSPS) is 22.8. The molecule has 4 nitrogen and oxygen atoms in total. The summed E-state index contributed by atoms with van der Waals surface area (Å²) in [6.07, 6.45) is 4.83. The molecule has 0 radical (unpaired) electrons. The number of amides is 2. The Hall–Kier alpha value is -1.84. The summed E-state index contributed by atoms with van der Waals surface area (Å²) in [6, 6.07) is 9.10. The second-order valence-electron chi connectivity index (χ2n) is 5.70. The van der Waals surface area contributed by atoms with Gasteiger partial charge in [0, 0.05) is 6.54 Å². The van der Waals surface area contributed by atoms with Crippen LogP contribution in [0.1, 0.15) is 37.3 Å². The molecule has 1 aliphatic carbocycles. The van der Waals surface area contributed by atoms with Crippen LogP contribution < -0.4 is 5.32 Å². The van der Waals surface area contributed by atoms with E-state index >= 15 is 0 Å². The Kier molecular flexibility index (Phi) is 3.72. The summed E-state index contributed by atoms with van der Waals surface area (Å²) in [5, 5.41) is 2.69. The van der Waals surface area contributed by atoms with Gasteiger partial charge in [0.05, 0.1) is 6.54 Å². The highest BCUT2D eigenvalue weighted by Gasteiger charge is 2.35. The topological polar surface area (TPSA) is 49.4 Å². The lowest BCUT2D eigenvalue weighted by atomic mass is 10.0. The van der Waals surface area contributed by atoms with Gasteiger partial charge in [-0.1, -0.05) is 43.2 Å². The first kappa shape index (κ1) is 13.2. The second-order valence-corrected chi connectivity index (χ2v) is 5.70. The van der Waals surface area contributed by atoms with E-state index in [-0.39, 0.29) is 18.4 Å². The molecular weight excluding hydrogens is 252 g/mol. The minimum absolute atomic E-state index is 0.0225. The summed E-state index contributed by atoms with van der Waals surface area (Å²) in [7, 11) is 0. The van der Waals surface area contributed by atoms with Gasteiger partial charge in [-0.05, 0) is 24.3 Å². The Labute approximate surface area is 119 Å². The van der Waals surface area contributed by atoms with E-state index < -0.39 is 6.04 Å². The fourth-order valence-corrected chi connectivity index (χ4v) is 2.82. The number of carbonyl (C=O) groups is 2. The van der Waals surface area contributed by atoms with E-state index in [1.54, 1.807) is 4.90 Å². The first-order valence-electron chi connectivity index (χ1n) is 7.38. The number of benzene rings is 1. The molecule has 1 atom stereocenters. The van der Waals surface area contributed by atoms with Crippen LogP contribution in [-0.2, 0) is 9.59 Å². The smallest absolute Gasteiger partial charge is 0.247 e. The molecule has 2 amide bonds. The second kappa shape index (κ2) is 5.65. The first-order chi connectivity index (χ1) is 9.75. The maximum absolute atomic E-state index is 12.2. The molecule has 1 saturated carbocycles. The van der Waals surface area contributed by atoms with Crippen LogP contribution in [0.3, 0.4) is 0 Å². The Morgan fingerprint density at radius 1 is 1.15 bits per heavy atom. The Bertz CT molecular complexity index is 496. The highest BCUT2D eigenvalue weighted by molar-refractivity contribution is 5.95. The van der Waals surface area contributed by atoms with Crippen molar-refractivity contribution in [3.63, 3.8) is 0 Å². The molecule has 1 heterocycles. The Morgan fingerprint density at radius 2 is 1.90 bits per heavy atom. The van der Waals surface area contributed by atoms with Crippen LogP contribution in [0.5, 0.6) is 0 Å². The third-order valence-electron chi connectivity index (χ3n) is 4.12. The monoisotopic (exact) mass is 272 g/mol. The quantitative estimate of drug-likeness (QED) is 0.889. The van der Waals surface area contributed by atoms with E-state index in [4.69, 9.17) is 0 Å². The van der Waals surface area contributed by atoms with Gasteiger partial charge in [0.1, 0.15) is 6.04 Å². The van der Waals surface area contributed by atoms with Gasteiger partial charge in [-0.2, -0.15) is 0 Å². The van der Waals surface area contributed by atoms with Crippen molar-refractivity contribution in [2.75, 3.05) is 13.1 Å². The summed E-state index contributed by atoms with van der Waals surface area (Å²) in [5.41, 5.74) is 0.893. The zero-order valence-electron chi connectivity index (χ0n) is 11.5. The molecule has 1 aromatic rings. The van der Waals surface area contributed by atoms with Gasteiger partial charge < -0.3 is 10.2 Å². The van der Waals surface area contributed by atoms with Gasteiger partial charge in [-0.3, -0.25) is 9.59 Å². The molecule has 3 rings (SSSR count). The average molecular weight is 272 g/mol. The van der Waals surface area contributed by atoms with Crippen LogP contribution in [-0.4, -0.2) is 29.8 Å². The van der Waals surface area contributed by atoms with Gasteiger partial charge in [0.25, 0.3) is 0 Å². The molecule has 1 unspecified atom stereocenters.